The minimum atomic E-state index is -4.55. The van der Waals surface area contributed by atoms with Gasteiger partial charge in [-0.15, -0.1) is 0 Å². The molecule has 174 valence electrons. The van der Waals surface area contributed by atoms with Crippen molar-refractivity contribution in [2.45, 2.75) is 31.5 Å². The highest BCUT2D eigenvalue weighted by atomic mass is 19.4. The van der Waals surface area contributed by atoms with E-state index in [2.05, 4.69) is 10.3 Å². The van der Waals surface area contributed by atoms with Crippen LogP contribution in [-0.2, 0) is 24.0 Å². The van der Waals surface area contributed by atoms with Gasteiger partial charge in [-0.25, -0.2) is 0 Å². The second kappa shape index (κ2) is 9.27. The van der Waals surface area contributed by atoms with Crippen molar-refractivity contribution in [3.05, 3.63) is 70.4 Å². The largest absolute Gasteiger partial charge is 0.493 e. The Morgan fingerprint density at radius 2 is 2.00 bits per heavy atom. The van der Waals surface area contributed by atoms with E-state index >= 15 is 0 Å². The van der Waals surface area contributed by atoms with E-state index in [0.29, 0.717) is 17.9 Å². The number of aliphatic imine (C=N–C) groups is 1. The Kier molecular flexibility index (Phi) is 6.42. The number of halogens is 3. The maximum Gasteiger partial charge on any atom is 0.416 e. The topological polar surface area (TPSA) is 80.2 Å². The Balaban J connectivity index is 1.57. The fourth-order valence-electron chi connectivity index (χ4n) is 4.07. The summed E-state index contributed by atoms with van der Waals surface area (Å²) in [7, 11) is 1.45. The first-order chi connectivity index (χ1) is 15.8. The number of alkyl halides is 3. The third-order valence-electron chi connectivity index (χ3n) is 5.68. The van der Waals surface area contributed by atoms with E-state index in [0.717, 1.165) is 23.0 Å². The van der Waals surface area contributed by atoms with Crippen LogP contribution in [0.15, 0.2) is 53.2 Å². The zero-order valence-electron chi connectivity index (χ0n) is 17.9. The van der Waals surface area contributed by atoms with E-state index < -0.39 is 11.7 Å². The zero-order chi connectivity index (χ0) is 23.6. The number of methoxy groups -OCH3 is 1. The van der Waals surface area contributed by atoms with Crippen LogP contribution < -0.4 is 14.8 Å². The van der Waals surface area contributed by atoms with Gasteiger partial charge in [0.1, 0.15) is 6.61 Å². The van der Waals surface area contributed by atoms with Gasteiger partial charge in [-0.1, -0.05) is 18.2 Å². The molecular weight excluding hydrogens is 437 g/mol. The van der Waals surface area contributed by atoms with E-state index in [1.54, 1.807) is 24.3 Å². The van der Waals surface area contributed by atoms with Gasteiger partial charge in [0.25, 0.3) is 0 Å². The number of nitrogens with zero attached hydrogens (tertiary/aromatic N) is 1. The lowest BCUT2D eigenvalue weighted by Gasteiger charge is -2.25. The van der Waals surface area contributed by atoms with Gasteiger partial charge in [-0.2, -0.15) is 13.2 Å². The number of piperidine rings is 1. The van der Waals surface area contributed by atoms with Crippen LogP contribution >= 0.6 is 0 Å². The summed E-state index contributed by atoms with van der Waals surface area (Å²) < 4.78 is 51.8. The number of carbonyl (C=O) groups excluding carboxylic acids is 1. The van der Waals surface area contributed by atoms with E-state index in [1.807, 2.05) is 6.08 Å². The molecule has 2 aromatic rings. The van der Waals surface area contributed by atoms with Crippen LogP contribution in [0.1, 0.15) is 34.6 Å². The lowest BCUT2D eigenvalue weighted by Crippen LogP contribution is -2.37. The van der Waals surface area contributed by atoms with Gasteiger partial charge in [0.05, 0.1) is 30.6 Å². The first-order valence-corrected chi connectivity index (χ1v) is 10.5. The Hall–Kier alpha value is -3.33. The summed E-state index contributed by atoms with van der Waals surface area (Å²) in [6.07, 6.45) is -2.30. The number of hydrogen-bond acceptors (Lipinski definition) is 5. The fourth-order valence-corrected chi connectivity index (χ4v) is 4.07. The van der Waals surface area contributed by atoms with Crippen LogP contribution in [0.25, 0.3) is 0 Å². The Morgan fingerprint density at radius 1 is 1.18 bits per heavy atom. The number of fused-ring (bicyclic) bond motifs is 1. The molecule has 1 saturated heterocycles. The molecule has 2 aliphatic heterocycles. The van der Waals surface area contributed by atoms with Crippen LogP contribution in [-0.4, -0.2) is 37.0 Å². The third kappa shape index (κ3) is 4.88. The summed E-state index contributed by atoms with van der Waals surface area (Å²) in [5.41, 5.74) is 1.92. The molecular formula is C24H23F3N2O4. The van der Waals surface area contributed by atoms with Gasteiger partial charge in [0.15, 0.2) is 11.5 Å². The summed E-state index contributed by atoms with van der Waals surface area (Å²) in [6.45, 7) is -0.0309. The van der Waals surface area contributed by atoms with Gasteiger partial charge in [-0.3, -0.25) is 9.79 Å². The summed E-state index contributed by atoms with van der Waals surface area (Å²) in [5.74, 6) is 0.313. The lowest BCUT2D eigenvalue weighted by atomic mass is 9.86. The van der Waals surface area contributed by atoms with Gasteiger partial charge < -0.3 is 19.9 Å². The molecule has 0 bridgehead atoms. The molecule has 1 fully saturated rings. The monoisotopic (exact) mass is 460 g/mol. The Labute approximate surface area is 188 Å². The number of amides is 1. The van der Waals surface area contributed by atoms with Crippen molar-refractivity contribution >= 4 is 11.6 Å². The number of aliphatic hydroxyl groups excluding tert-OH is 1. The van der Waals surface area contributed by atoms with Crippen molar-refractivity contribution in [2.24, 2.45) is 4.99 Å². The van der Waals surface area contributed by atoms with Crippen molar-refractivity contribution in [3.8, 4) is 11.5 Å². The first-order valence-electron chi connectivity index (χ1n) is 10.5. The van der Waals surface area contributed by atoms with Crippen molar-refractivity contribution in [1.29, 1.82) is 0 Å². The number of nitrogens with one attached hydrogen (secondary N) is 1. The smallest absolute Gasteiger partial charge is 0.416 e. The predicted octanol–water partition coefficient (Wildman–Crippen LogP) is 3.77. The minimum Gasteiger partial charge on any atom is -0.493 e. The molecule has 0 radical (unpaired) electrons. The van der Waals surface area contributed by atoms with E-state index in [9.17, 15) is 18.0 Å². The van der Waals surface area contributed by atoms with Crippen LogP contribution in [0.3, 0.4) is 0 Å². The van der Waals surface area contributed by atoms with Crippen LogP contribution in [0.2, 0.25) is 0 Å². The Morgan fingerprint density at radius 3 is 2.73 bits per heavy atom. The van der Waals surface area contributed by atoms with Crippen molar-refractivity contribution in [3.63, 3.8) is 0 Å². The van der Waals surface area contributed by atoms with E-state index in [1.165, 1.54) is 13.2 Å². The van der Waals surface area contributed by atoms with Crippen molar-refractivity contribution in [1.82, 2.24) is 5.32 Å². The summed E-state index contributed by atoms with van der Waals surface area (Å²) in [5, 5.41) is 11.8. The lowest BCUT2D eigenvalue weighted by molar-refractivity contribution is -0.138. The van der Waals surface area contributed by atoms with Gasteiger partial charge >= 0.3 is 6.18 Å². The highest BCUT2D eigenvalue weighted by Crippen LogP contribution is 2.37. The molecule has 2 aliphatic rings. The van der Waals surface area contributed by atoms with Gasteiger partial charge in [0, 0.05) is 24.5 Å². The highest BCUT2D eigenvalue weighted by molar-refractivity contribution is 6.12. The molecule has 0 spiro atoms. The molecule has 1 amide bonds. The second-order valence-corrected chi connectivity index (χ2v) is 7.81. The molecule has 2 heterocycles. The van der Waals surface area contributed by atoms with E-state index in [4.69, 9.17) is 14.6 Å². The number of rotatable bonds is 7. The zero-order valence-corrected chi connectivity index (χ0v) is 17.9. The number of aliphatic hydroxyl groups is 1. The van der Waals surface area contributed by atoms with Crippen LogP contribution in [0.4, 0.5) is 13.2 Å². The third-order valence-corrected chi connectivity index (χ3v) is 5.68. The molecule has 2 N–H and O–H groups in total. The normalized spacial score (nSPS) is 17.7. The maximum absolute atomic E-state index is 13.5. The molecule has 2 aromatic carbocycles. The molecule has 33 heavy (non-hydrogen) atoms. The number of allylic oxidation sites excluding steroid dienone is 1. The van der Waals surface area contributed by atoms with Crippen molar-refractivity contribution < 1.29 is 32.5 Å². The first kappa shape index (κ1) is 22.8. The number of hydrogen-bond donors (Lipinski definition) is 2. The highest BCUT2D eigenvalue weighted by Gasteiger charge is 2.34. The second-order valence-electron chi connectivity index (χ2n) is 7.81. The SMILES string of the molecule is COc1cc(C2CC(=O)NC3=CCN=C32)ccc1OCc1ccc(CCO)cc1C(F)(F)F. The number of carbonyl (C=O) groups is 1. The summed E-state index contributed by atoms with van der Waals surface area (Å²) in [6, 6.07) is 9.08. The standard InChI is InChI=1S/C24H23F3N2O4/c1-32-21-11-15(17-12-22(31)29-19-6-8-28-23(17)19)4-5-20(21)33-13-16-3-2-14(7-9-30)10-18(16)24(25,26)27/h2-6,10-11,17,30H,7-9,12-13H2,1H3,(H,29,31). The molecule has 4 rings (SSSR count). The van der Waals surface area contributed by atoms with Gasteiger partial charge in [0.2, 0.25) is 5.91 Å². The maximum atomic E-state index is 13.5. The molecule has 1 atom stereocenters. The molecule has 0 saturated carbocycles. The Bertz CT molecular complexity index is 1130. The number of ether oxygens (including phenoxy) is 2. The predicted molar refractivity (Wildman–Crippen MR) is 115 cm³/mol. The summed E-state index contributed by atoms with van der Waals surface area (Å²) in [4.78, 5) is 16.6. The minimum absolute atomic E-state index is 0.0191. The number of benzene rings is 2. The van der Waals surface area contributed by atoms with Crippen LogP contribution in [0.5, 0.6) is 11.5 Å². The molecule has 0 aromatic heterocycles. The quantitative estimate of drug-likeness (QED) is 0.659. The fraction of sp³-hybridized carbons (Fsp3) is 0.333. The van der Waals surface area contributed by atoms with Crippen molar-refractivity contribution in [2.75, 3.05) is 20.3 Å². The van der Waals surface area contributed by atoms with E-state index in [-0.39, 0.29) is 49.2 Å². The molecule has 0 aliphatic carbocycles. The average molecular weight is 460 g/mol. The van der Waals surface area contributed by atoms with Gasteiger partial charge in [-0.05, 0) is 41.8 Å². The average Bonchev–Trinajstić information content (AvgIpc) is 3.25. The molecule has 6 nitrogen and oxygen atoms in total. The molecule has 9 heteroatoms. The summed E-state index contributed by atoms with van der Waals surface area (Å²) >= 11 is 0. The van der Waals surface area contributed by atoms with Crippen LogP contribution in [0, 0.1) is 0 Å². The molecule has 1 unspecified atom stereocenters.